The molecule has 0 radical (unpaired) electrons. The molecule has 0 spiro atoms. The second kappa shape index (κ2) is 4.73. The van der Waals surface area contributed by atoms with Crippen LogP contribution in [0.4, 0.5) is 10.1 Å². The molecule has 0 saturated heterocycles. The molecule has 0 N–H and O–H groups in total. The molecule has 0 aromatic heterocycles. The van der Waals surface area contributed by atoms with Gasteiger partial charge in [0.05, 0.1) is 17.0 Å². The number of carbonyl (C=O) groups is 2. The number of Topliss-reactive ketones (excluding diaryl/α,β-unsaturated/α-hetero) is 1. The summed E-state index contributed by atoms with van der Waals surface area (Å²) in [5, 5.41) is 0. The van der Waals surface area contributed by atoms with Crippen molar-refractivity contribution in [1.29, 1.82) is 0 Å². The lowest BCUT2D eigenvalue weighted by atomic mass is 10.1. The molecule has 5 nitrogen and oxygen atoms in total. The van der Waals surface area contributed by atoms with Crippen molar-refractivity contribution in [3.63, 3.8) is 0 Å². The molecule has 0 unspecified atom stereocenters. The fourth-order valence-corrected chi connectivity index (χ4v) is 2.65. The van der Waals surface area contributed by atoms with E-state index in [2.05, 4.69) is 0 Å². The molecule has 1 aromatic rings. The van der Waals surface area contributed by atoms with Gasteiger partial charge in [0, 0.05) is 12.3 Å². The number of nitrogens with zero attached hydrogens (tertiary/aromatic N) is 1. The van der Waals surface area contributed by atoms with Crippen molar-refractivity contribution in [2.24, 2.45) is 0 Å². The number of benzene rings is 1. The van der Waals surface area contributed by atoms with Crippen LogP contribution in [-0.4, -0.2) is 38.2 Å². The standard InChI is InChI=1S/C12H12FNO4S/c1-2-19(17,18)7-6-14-10-8(11(15)12(14)16)4-3-5-9(10)13/h3-5H,2,6-7H2,1H3. The number of fused-ring (bicyclic) bond motifs is 1. The first-order valence-corrected chi connectivity index (χ1v) is 7.54. The van der Waals surface area contributed by atoms with Gasteiger partial charge in [-0.25, -0.2) is 12.8 Å². The number of ketones is 1. The van der Waals surface area contributed by atoms with Gasteiger partial charge >= 0.3 is 0 Å². The van der Waals surface area contributed by atoms with Crippen LogP contribution < -0.4 is 4.90 Å². The molecule has 19 heavy (non-hydrogen) atoms. The smallest absolute Gasteiger partial charge is 0.299 e. The number of hydrogen-bond donors (Lipinski definition) is 0. The molecular weight excluding hydrogens is 273 g/mol. The van der Waals surface area contributed by atoms with E-state index < -0.39 is 27.3 Å². The van der Waals surface area contributed by atoms with Crippen LogP contribution >= 0.6 is 0 Å². The van der Waals surface area contributed by atoms with Crippen LogP contribution in [0.25, 0.3) is 0 Å². The van der Waals surface area contributed by atoms with E-state index in [0.29, 0.717) is 0 Å². The average Bonchev–Trinajstić information content (AvgIpc) is 2.62. The van der Waals surface area contributed by atoms with E-state index in [9.17, 15) is 22.4 Å². The van der Waals surface area contributed by atoms with E-state index in [0.717, 1.165) is 11.0 Å². The van der Waals surface area contributed by atoms with E-state index in [1.807, 2.05) is 0 Å². The highest BCUT2D eigenvalue weighted by Crippen LogP contribution is 2.31. The number of anilines is 1. The average molecular weight is 285 g/mol. The third-order valence-corrected chi connectivity index (χ3v) is 4.69. The molecule has 1 heterocycles. The zero-order valence-corrected chi connectivity index (χ0v) is 11.0. The van der Waals surface area contributed by atoms with E-state index in [-0.39, 0.29) is 29.3 Å². The summed E-state index contributed by atoms with van der Waals surface area (Å²) in [6.45, 7) is 1.27. The molecule has 0 saturated carbocycles. The number of sulfone groups is 1. The van der Waals surface area contributed by atoms with Crippen LogP contribution in [0.15, 0.2) is 18.2 Å². The zero-order valence-electron chi connectivity index (χ0n) is 10.2. The van der Waals surface area contributed by atoms with Gasteiger partial charge in [-0.3, -0.25) is 9.59 Å². The highest BCUT2D eigenvalue weighted by Gasteiger charge is 2.38. The third kappa shape index (κ3) is 2.37. The fourth-order valence-electron chi connectivity index (χ4n) is 1.90. The van der Waals surface area contributed by atoms with E-state index in [1.165, 1.54) is 19.1 Å². The van der Waals surface area contributed by atoms with Crippen LogP contribution in [-0.2, 0) is 14.6 Å². The van der Waals surface area contributed by atoms with Gasteiger partial charge in [0.2, 0.25) is 0 Å². The van der Waals surface area contributed by atoms with Gasteiger partial charge in [0.1, 0.15) is 5.82 Å². The molecule has 0 fully saturated rings. The Balaban J connectivity index is 2.34. The summed E-state index contributed by atoms with van der Waals surface area (Å²) in [6.07, 6.45) is 0. The highest BCUT2D eigenvalue weighted by atomic mass is 32.2. The van der Waals surface area contributed by atoms with Gasteiger partial charge in [-0.2, -0.15) is 0 Å². The van der Waals surface area contributed by atoms with Crippen LogP contribution in [0.5, 0.6) is 0 Å². The Morgan fingerprint density at radius 1 is 1.26 bits per heavy atom. The molecule has 0 aliphatic carbocycles. The highest BCUT2D eigenvalue weighted by molar-refractivity contribution is 7.91. The monoisotopic (exact) mass is 285 g/mol. The second-order valence-corrected chi connectivity index (χ2v) is 6.63. The lowest BCUT2D eigenvalue weighted by Crippen LogP contribution is -2.34. The van der Waals surface area contributed by atoms with Crippen LogP contribution in [0.3, 0.4) is 0 Å². The van der Waals surface area contributed by atoms with Crippen molar-refractivity contribution < 1.29 is 22.4 Å². The van der Waals surface area contributed by atoms with Gasteiger partial charge in [-0.1, -0.05) is 13.0 Å². The quantitative estimate of drug-likeness (QED) is 0.767. The molecule has 1 aliphatic heterocycles. The number of halogens is 1. The number of para-hydroxylation sites is 1. The molecule has 0 bridgehead atoms. The summed E-state index contributed by atoms with van der Waals surface area (Å²) < 4.78 is 36.5. The van der Waals surface area contributed by atoms with Crippen LogP contribution in [0.2, 0.25) is 0 Å². The van der Waals surface area contributed by atoms with Crippen molar-refractivity contribution in [2.45, 2.75) is 6.92 Å². The number of carbonyl (C=O) groups excluding carboxylic acids is 2. The van der Waals surface area contributed by atoms with E-state index >= 15 is 0 Å². The largest absolute Gasteiger partial charge is 0.301 e. The summed E-state index contributed by atoms with van der Waals surface area (Å²) >= 11 is 0. The zero-order chi connectivity index (χ0) is 14.2. The van der Waals surface area contributed by atoms with E-state index in [4.69, 9.17) is 0 Å². The topological polar surface area (TPSA) is 71.5 Å². The summed E-state index contributed by atoms with van der Waals surface area (Å²) in [4.78, 5) is 24.3. The Kier molecular flexibility index (Phi) is 3.40. The van der Waals surface area contributed by atoms with Crippen molar-refractivity contribution in [2.75, 3.05) is 23.0 Å². The Bertz CT molecular complexity index is 654. The normalized spacial score (nSPS) is 14.9. The molecule has 7 heteroatoms. The second-order valence-electron chi connectivity index (χ2n) is 4.16. The van der Waals surface area contributed by atoms with Crippen molar-refractivity contribution in [1.82, 2.24) is 0 Å². The van der Waals surface area contributed by atoms with Crippen LogP contribution in [0, 0.1) is 5.82 Å². The van der Waals surface area contributed by atoms with Gasteiger partial charge in [0.15, 0.2) is 9.84 Å². The molecule has 1 amide bonds. The van der Waals surface area contributed by atoms with Crippen LogP contribution in [0.1, 0.15) is 17.3 Å². The Morgan fingerprint density at radius 3 is 2.58 bits per heavy atom. The van der Waals surface area contributed by atoms with Crippen molar-refractivity contribution in [3.8, 4) is 0 Å². The molecular formula is C12H12FNO4S. The summed E-state index contributed by atoms with van der Waals surface area (Å²) in [6, 6.07) is 3.82. The first-order valence-electron chi connectivity index (χ1n) is 5.72. The van der Waals surface area contributed by atoms with Gasteiger partial charge < -0.3 is 4.90 Å². The molecule has 1 aliphatic rings. The SMILES string of the molecule is CCS(=O)(=O)CCN1C(=O)C(=O)c2cccc(F)c21. The molecule has 1 aromatic carbocycles. The minimum Gasteiger partial charge on any atom is -0.301 e. The molecule has 2 rings (SSSR count). The maximum atomic E-state index is 13.7. The lowest BCUT2D eigenvalue weighted by Gasteiger charge is -2.16. The summed E-state index contributed by atoms with van der Waals surface area (Å²) in [5.74, 6) is -2.75. The predicted octanol–water partition coefficient (Wildman–Crippen LogP) is 0.790. The Labute approximate surface area is 109 Å². The third-order valence-electron chi connectivity index (χ3n) is 3.01. The maximum Gasteiger partial charge on any atom is 0.299 e. The van der Waals surface area contributed by atoms with Crippen molar-refractivity contribution >= 4 is 27.2 Å². The summed E-state index contributed by atoms with van der Waals surface area (Å²) in [7, 11) is -3.29. The first kappa shape index (κ1) is 13.7. The minimum absolute atomic E-state index is 0.0149. The fraction of sp³-hybridized carbons (Fsp3) is 0.333. The van der Waals surface area contributed by atoms with Gasteiger partial charge in [-0.15, -0.1) is 0 Å². The number of amides is 1. The first-order chi connectivity index (χ1) is 8.87. The molecule has 0 atom stereocenters. The Morgan fingerprint density at radius 2 is 1.95 bits per heavy atom. The maximum absolute atomic E-state index is 13.7. The number of hydrogen-bond acceptors (Lipinski definition) is 4. The van der Waals surface area contributed by atoms with Crippen molar-refractivity contribution in [3.05, 3.63) is 29.6 Å². The number of rotatable bonds is 4. The lowest BCUT2D eigenvalue weighted by molar-refractivity contribution is -0.114. The van der Waals surface area contributed by atoms with E-state index in [1.54, 1.807) is 0 Å². The predicted molar refractivity (Wildman–Crippen MR) is 67.4 cm³/mol. The van der Waals surface area contributed by atoms with Gasteiger partial charge in [0.25, 0.3) is 11.7 Å². The van der Waals surface area contributed by atoms with Gasteiger partial charge in [-0.05, 0) is 12.1 Å². The minimum atomic E-state index is -3.29. The molecule has 102 valence electrons. The Hall–Kier alpha value is -1.76. The summed E-state index contributed by atoms with van der Waals surface area (Å²) in [5.41, 5.74) is -0.136.